The Kier molecular flexibility index (Phi) is 5.54. The second-order valence-electron chi connectivity index (χ2n) is 8.78. The minimum Gasteiger partial charge on any atom is -0.380 e. The number of imidazole rings is 1. The zero-order chi connectivity index (χ0) is 22.2. The van der Waals surface area contributed by atoms with Crippen LogP contribution in [0.25, 0.3) is 33.3 Å². The highest BCUT2D eigenvalue weighted by Gasteiger charge is 2.20. The van der Waals surface area contributed by atoms with Crippen molar-refractivity contribution in [3.63, 3.8) is 0 Å². The van der Waals surface area contributed by atoms with Crippen LogP contribution in [0.4, 0.5) is 11.4 Å². The van der Waals surface area contributed by atoms with Gasteiger partial charge in [0, 0.05) is 48.0 Å². The van der Waals surface area contributed by atoms with E-state index in [1.54, 1.807) is 0 Å². The molecule has 0 aliphatic carbocycles. The Balaban J connectivity index is 1.42. The lowest BCUT2D eigenvalue weighted by Crippen LogP contribution is -2.38. The van der Waals surface area contributed by atoms with Gasteiger partial charge in [0.25, 0.3) is 0 Å². The van der Waals surface area contributed by atoms with Gasteiger partial charge in [-0.25, -0.2) is 4.98 Å². The molecule has 2 aliphatic rings. The summed E-state index contributed by atoms with van der Waals surface area (Å²) in [6, 6.07) is 12.7. The summed E-state index contributed by atoms with van der Waals surface area (Å²) in [7, 11) is 0. The van der Waals surface area contributed by atoms with E-state index in [1.165, 1.54) is 5.69 Å². The number of halogens is 1. The van der Waals surface area contributed by atoms with E-state index in [2.05, 4.69) is 38.7 Å². The maximum Gasteiger partial charge on any atom is 0.142 e. The van der Waals surface area contributed by atoms with E-state index in [0.29, 0.717) is 11.1 Å². The molecular formula is C25H27ClN6O. The highest BCUT2D eigenvalue weighted by molar-refractivity contribution is 6.31. The minimum atomic E-state index is 0.357. The van der Waals surface area contributed by atoms with Gasteiger partial charge in [-0.3, -0.25) is 4.98 Å². The standard InChI is InChI=1S/C25H27ClN6O/c26-16-3-5-19-22(12-16)28-15-20(24(19)29-17-2-1-7-27-14-17)25-30-21-6-4-18(13-23(21)31-25)32-8-10-33-11-9-32/h3-6,12-13,15,17,27H,1-2,7-11,14H2,(H,28,29)(H,30,31). The third-order valence-corrected chi connectivity index (χ3v) is 6.81. The molecular weight excluding hydrogens is 436 g/mol. The van der Waals surface area contributed by atoms with Gasteiger partial charge >= 0.3 is 0 Å². The van der Waals surface area contributed by atoms with Crippen LogP contribution in [0.2, 0.25) is 5.02 Å². The average molecular weight is 463 g/mol. The number of H-pyrrole nitrogens is 1. The normalized spacial score (nSPS) is 19.3. The van der Waals surface area contributed by atoms with Crippen molar-refractivity contribution in [3.05, 3.63) is 47.6 Å². The van der Waals surface area contributed by atoms with E-state index in [-0.39, 0.29) is 0 Å². The predicted molar refractivity (Wildman–Crippen MR) is 134 cm³/mol. The summed E-state index contributed by atoms with van der Waals surface area (Å²) >= 11 is 6.25. The Labute approximate surface area is 197 Å². The first-order chi connectivity index (χ1) is 16.2. The molecule has 1 unspecified atom stereocenters. The number of ether oxygens (including phenoxy) is 1. The van der Waals surface area contributed by atoms with Gasteiger partial charge in [0.1, 0.15) is 5.82 Å². The summed E-state index contributed by atoms with van der Waals surface area (Å²) in [5.74, 6) is 0.819. The van der Waals surface area contributed by atoms with Crippen molar-refractivity contribution in [1.82, 2.24) is 20.3 Å². The Morgan fingerprint density at radius 1 is 1.09 bits per heavy atom. The summed E-state index contributed by atoms with van der Waals surface area (Å²) in [6.07, 6.45) is 4.20. The molecule has 2 saturated heterocycles. The molecule has 6 rings (SSSR count). The first-order valence-electron chi connectivity index (χ1n) is 11.6. The molecule has 7 nitrogen and oxygen atoms in total. The molecule has 2 aliphatic heterocycles. The molecule has 0 bridgehead atoms. The van der Waals surface area contributed by atoms with Crippen molar-refractivity contribution < 1.29 is 4.74 Å². The first kappa shape index (κ1) is 20.7. The number of nitrogens with one attached hydrogen (secondary N) is 3. The van der Waals surface area contributed by atoms with Crippen LogP contribution in [-0.4, -0.2) is 60.4 Å². The molecule has 0 radical (unpaired) electrons. The molecule has 4 heterocycles. The number of anilines is 2. The number of hydrogen-bond donors (Lipinski definition) is 3. The molecule has 0 saturated carbocycles. The highest BCUT2D eigenvalue weighted by atomic mass is 35.5. The zero-order valence-corrected chi connectivity index (χ0v) is 19.2. The largest absolute Gasteiger partial charge is 0.380 e. The van der Waals surface area contributed by atoms with Crippen molar-refractivity contribution in [2.45, 2.75) is 18.9 Å². The third-order valence-electron chi connectivity index (χ3n) is 6.57. The fourth-order valence-corrected chi connectivity index (χ4v) is 4.99. The summed E-state index contributed by atoms with van der Waals surface area (Å²) in [6.45, 7) is 5.38. The SMILES string of the molecule is Clc1ccc2c(NC3CCCNC3)c(-c3nc4ccc(N5CCOCC5)cc4[nH]3)cnc2c1. The van der Waals surface area contributed by atoms with E-state index < -0.39 is 0 Å². The fourth-order valence-electron chi connectivity index (χ4n) is 4.82. The molecule has 0 spiro atoms. The molecule has 2 aromatic carbocycles. The maximum absolute atomic E-state index is 6.25. The van der Waals surface area contributed by atoms with E-state index >= 15 is 0 Å². The molecule has 2 fully saturated rings. The van der Waals surface area contributed by atoms with Crippen LogP contribution >= 0.6 is 11.6 Å². The lowest BCUT2D eigenvalue weighted by atomic mass is 10.0. The van der Waals surface area contributed by atoms with Gasteiger partial charge in [0.2, 0.25) is 0 Å². The Hall–Kier alpha value is -2.87. The van der Waals surface area contributed by atoms with Gasteiger partial charge in [-0.1, -0.05) is 11.6 Å². The molecule has 2 aromatic heterocycles. The van der Waals surface area contributed by atoms with Crippen LogP contribution in [-0.2, 0) is 4.74 Å². The van der Waals surface area contributed by atoms with Gasteiger partial charge in [-0.05, 0) is 55.8 Å². The topological polar surface area (TPSA) is 78.1 Å². The van der Waals surface area contributed by atoms with Crippen molar-refractivity contribution >= 4 is 44.9 Å². The monoisotopic (exact) mass is 462 g/mol. The number of hydrogen-bond acceptors (Lipinski definition) is 6. The lowest BCUT2D eigenvalue weighted by Gasteiger charge is -2.28. The highest BCUT2D eigenvalue weighted by Crippen LogP contribution is 2.35. The number of pyridine rings is 1. The summed E-state index contributed by atoms with van der Waals surface area (Å²) < 4.78 is 5.50. The van der Waals surface area contributed by atoms with Gasteiger partial charge in [0.15, 0.2) is 0 Å². The van der Waals surface area contributed by atoms with Crippen LogP contribution in [0.1, 0.15) is 12.8 Å². The Morgan fingerprint density at radius 3 is 2.85 bits per heavy atom. The second-order valence-corrected chi connectivity index (χ2v) is 9.22. The Morgan fingerprint density at radius 2 is 2.00 bits per heavy atom. The van der Waals surface area contributed by atoms with Gasteiger partial charge in [-0.15, -0.1) is 0 Å². The van der Waals surface area contributed by atoms with Crippen molar-refractivity contribution in [1.29, 1.82) is 0 Å². The minimum absolute atomic E-state index is 0.357. The van der Waals surface area contributed by atoms with Crippen LogP contribution in [0.5, 0.6) is 0 Å². The number of rotatable bonds is 4. The number of benzene rings is 2. The van der Waals surface area contributed by atoms with E-state index in [1.807, 2.05) is 24.4 Å². The van der Waals surface area contributed by atoms with Gasteiger partial charge in [-0.2, -0.15) is 0 Å². The Bertz CT molecular complexity index is 1290. The van der Waals surface area contributed by atoms with Crippen molar-refractivity contribution in [2.24, 2.45) is 0 Å². The molecule has 3 N–H and O–H groups in total. The molecule has 0 amide bonds. The van der Waals surface area contributed by atoms with Crippen LogP contribution in [0.3, 0.4) is 0 Å². The van der Waals surface area contributed by atoms with E-state index in [4.69, 9.17) is 26.3 Å². The molecule has 4 aromatic rings. The smallest absolute Gasteiger partial charge is 0.142 e. The number of morpholine rings is 1. The number of aromatic nitrogens is 3. The van der Waals surface area contributed by atoms with E-state index in [9.17, 15) is 0 Å². The average Bonchev–Trinajstić information content (AvgIpc) is 3.28. The van der Waals surface area contributed by atoms with Crippen LogP contribution in [0.15, 0.2) is 42.6 Å². The van der Waals surface area contributed by atoms with E-state index in [0.717, 1.165) is 91.2 Å². The predicted octanol–water partition coefficient (Wildman–Crippen LogP) is 4.43. The number of fused-ring (bicyclic) bond motifs is 2. The fraction of sp³-hybridized carbons (Fsp3) is 0.360. The molecule has 170 valence electrons. The number of aromatic amines is 1. The first-order valence-corrected chi connectivity index (χ1v) is 12.0. The van der Waals surface area contributed by atoms with Gasteiger partial charge < -0.3 is 25.3 Å². The maximum atomic E-state index is 6.25. The van der Waals surface area contributed by atoms with Gasteiger partial charge in [0.05, 0.1) is 41.0 Å². The number of piperidine rings is 1. The van der Waals surface area contributed by atoms with Crippen molar-refractivity contribution in [3.8, 4) is 11.4 Å². The molecule has 33 heavy (non-hydrogen) atoms. The summed E-state index contributed by atoms with van der Waals surface area (Å²) in [5, 5.41) is 9.02. The summed E-state index contributed by atoms with van der Waals surface area (Å²) in [5.41, 5.74) is 6.07. The van der Waals surface area contributed by atoms with Crippen molar-refractivity contribution in [2.75, 3.05) is 49.6 Å². The summed E-state index contributed by atoms with van der Waals surface area (Å²) in [4.78, 5) is 15.5. The lowest BCUT2D eigenvalue weighted by molar-refractivity contribution is 0.122. The zero-order valence-electron chi connectivity index (χ0n) is 18.4. The molecule has 8 heteroatoms. The third kappa shape index (κ3) is 4.12. The number of nitrogens with zero attached hydrogens (tertiary/aromatic N) is 3. The van der Waals surface area contributed by atoms with Crippen LogP contribution in [0, 0.1) is 0 Å². The quantitative estimate of drug-likeness (QED) is 0.416. The van der Waals surface area contributed by atoms with Crippen LogP contribution < -0.4 is 15.5 Å². The molecule has 1 atom stereocenters. The second kappa shape index (κ2) is 8.82.